The molecule has 0 saturated heterocycles. The van der Waals surface area contributed by atoms with Crippen LogP contribution in [0.1, 0.15) is 38.2 Å². The van der Waals surface area contributed by atoms with Crippen LogP contribution in [0.4, 0.5) is 0 Å². The van der Waals surface area contributed by atoms with Crippen LogP contribution < -0.4 is 5.32 Å². The predicted molar refractivity (Wildman–Crippen MR) is 65.0 cm³/mol. The van der Waals surface area contributed by atoms with Crippen LogP contribution in [0.15, 0.2) is 4.60 Å². The minimum absolute atomic E-state index is 0.0574. The molecular weight excluding hydrogens is 254 g/mol. The third kappa shape index (κ3) is 1.85. The summed E-state index contributed by atoms with van der Waals surface area (Å²) >= 11 is 3.56. The Labute approximate surface area is 99.4 Å². The first kappa shape index (κ1) is 11.1. The number of rotatable bonds is 2. The molecule has 0 fully saturated rings. The van der Waals surface area contributed by atoms with Crippen molar-refractivity contribution in [3.63, 3.8) is 0 Å². The van der Waals surface area contributed by atoms with Crippen molar-refractivity contribution in [2.45, 2.75) is 45.2 Å². The number of imidazole rings is 1. The highest BCUT2D eigenvalue weighted by Crippen LogP contribution is 2.29. The summed E-state index contributed by atoms with van der Waals surface area (Å²) < 4.78 is 3.39. The second-order valence-electron chi connectivity index (χ2n) is 4.66. The van der Waals surface area contributed by atoms with Crippen molar-refractivity contribution < 1.29 is 0 Å². The molecule has 0 unspecified atom stereocenters. The molecule has 0 aliphatic carbocycles. The van der Waals surface area contributed by atoms with Crippen LogP contribution in [0.2, 0.25) is 0 Å². The van der Waals surface area contributed by atoms with Crippen molar-refractivity contribution in [2.24, 2.45) is 0 Å². The van der Waals surface area contributed by atoms with E-state index in [1.54, 1.807) is 0 Å². The highest BCUT2D eigenvalue weighted by Gasteiger charge is 2.28. The molecule has 0 atom stereocenters. The minimum atomic E-state index is -0.0574. The second-order valence-corrected chi connectivity index (χ2v) is 5.41. The molecule has 4 heteroatoms. The van der Waals surface area contributed by atoms with E-state index in [0.29, 0.717) is 0 Å². The minimum Gasteiger partial charge on any atom is -0.329 e. The van der Waals surface area contributed by atoms with E-state index in [0.717, 1.165) is 23.4 Å². The second kappa shape index (κ2) is 3.91. The fourth-order valence-corrected chi connectivity index (χ4v) is 2.67. The molecule has 1 aromatic heterocycles. The molecule has 0 radical (unpaired) electrons. The predicted octanol–water partition coefficient (Wildman–Crippen LogP) is 2.44. The van der Waals surface area contributed by atoms with Crippen molar-refractivity contribution in [1.82, 2.24) is 14.9 Å². The molecule has 84 valence electrons. The van der Waals surface area contributed by atoms with Gasteiger partial charge >= 0.3 is 0 Å². The maximum absolute atomic E-state index is 4.65. The van der Waals surface area contributed by atoms with Gasteiger partial charge in [0.2, 0.25) is 0 Å². The lowest BCUT2D eigenvalue weighted by Crippen LogP contribution is -2.37. The number of nitrogens with one attached hydrogen (secondary N) is 1. The summed E-state index contributed by atoms with van der Waals surface area (Å²) in [5.41, 5.74) is 1.30. The number of hydrogen-bond acceptors (Lipinski definition) is 2. The zero-order valence-electron chi connectivity index (χ0n) is 9.60. The van der Waals surface area contributed by atoms with Gasteiger partial charge in [-0.15, -0.1) is 0 Å². The van der Waals surface area contributed by atoms with Crippen LogP contribution in [0, 0.1) is 0 Å². The first-order chi connectivity index (χ1) is 7.06. The first-order valence-corrected chi connectivity index (χ1v) is 6.30. The van der Waals surface area contributed by atoms with Gasteiger partial charge in [0.25, 0.3) is 0 Å². The summed E-state index contributed by atoms with van der Waals surface area (Å²) in [4.78, 5) is 4.65. The Hall–Kier alpha value is -0.350. The van der Waals surface area contributed by atoms with Crippen molar-refractivity contribution in [3.05, 3.63) is 16.1 Å². The van der Waals surface area contributed by atoms with Gasteiger partial charge in [-0.2, -0.15) is 0 Å². The Morgan fingerprint density at radius 3 is 2.80 bits per heavy atom. The topological polar surface area (TPSA) is 29.9 Å². The molecule has 0 amide bonds. The molecule has 3 nitrogen and oxygen atoms in total. The van der Waals surface area contributed by atoms with Crippen LogP contribution in [0.3, 0.4) is 0 Å². The highest BCUT2D eigenvalue weighted by atomic mass is 79.9. The molecule has 0 aromatic carbocycles. The lowest BCUT2D eigenvalue weighted by Gasteiger charge is -2.26. The van der Waals surface area contributed by atoms with Crippen LogP contribution in [-0.2, 0) is 18.5 Å². The van der Waals surface area contributed by atoms with Gasteiger partial charge in [0.05, 0.1) is 11.2 Å². The summed E-state index contributed by atoms with van der Waals surface area (Å²) in [5, 5.41) is 3.32. The van der Waals surface area contributed by atoms with Gasteiger partial charge in [-0.1, -0.05) is 0 Å². The van der Waals surface area contributed by atoms with Crippen LogP contribution in [0.5, 0.6) is 0 Å². The molecule has 0 bridgehead atoms. The Bertz CT molecular complexity index is 368. The highest BCUT2D eigenvalue weighted by molar-refractivity contribution is 9.10. The van der Waals surface area contributed by atoms with Gasteiger partial charge in [0, 0.05) is 6.54 Å². The molecule has 1 aliphatic heterocycles. The van der Waals surface area contributed by atoms with E-state index in [2.05, 4.69) is 44.6 Å². The van der Waals surface area contributed by atoms with Gasteiger partial charge in [-0.25, -0.2) is 4.98 Å². The van der Waals surface area contributed by atoms with Gasteiger partial charge < -0.3 is 9.88 Å². The summed E-state index contributed by atoms with van der Waals surface area (Å²) in [6.07, 6.45) is 3.69. The Kier molecular flexibility index (Phi) is 2.90. The van der Waals surface area contributed by atoms with Crippen LogP contribution in [-0.4, -0.2) is 16.6 Å². The smallest absolute Gasteiger partial charge is 0.130 e. The number of aromatic nitrogens is 2. The first-order valence-electron chi connectivity index (χ1n) is 5.50. The monoisotopic (exact) mass is 271 g/mol. The van der Waals surface area contributed by atoms with Crippen molar-refractivity contribution in [3.8, 4) is 0 Å². The van der Waals surface area contributed by atoms with Crippen LogP contribution >= 0.6 is 15.9 Å². The zero-order valence-corrected chi connectivity index (χ0v) is 11.2. The Morgan fingerprint density at radius 2 is 2.13 bits per heavy atom. The summed E-state index contributed by atoms with van der Waals surface area (Å²) in [5.74, 6) is 1.14. The van der Waals surface area contributed by atoms with Gasteiger partial charge in [0.1, 0.15) is 10.4 Å². The third-order valence-electron chi connectivity index (χ3n) is 3.25. The van der Waals surface area contributed by atoms with E-state index < -0.39 is 0 Å². The lowest BCUT2D eigenvalue weighted by molar-refractivity contribution is 0.380. The largest absolute Gasteiger partial charge is 0.329 e. The van der Waals surface area contributed by atoms with E-state index in [1.165, 1.54) is 18.5 Å². The van der Waals surface area contributed by atoms with Gasteiger partial charge in [-0.3, -0.25) is 0 Å². The van der Waals surface area contributed by atoms with Gasteiger partial charge in [-0.05, 0) is 56.1 Å². The molecular formula is C11H18BrN3. The normalized spacial score (nSPS) is 16.5. The molecule has 15 heavy (non-hydrogen) atoms. The SMILES string of the molecule is CNC(C)(C)c1nc(Br)c2n1CCCC2. The fourth-order valence-electron chi connectivity index (χ4n) is 2.09. The number of halogens is 1. The molecule has 1 N–H and O–H groups in total. The Morgan fingerprint density at radius 1 is 1.40 bits per heavy atom. The lowest BCUT2D eigenvalue weighted by atomic mass is 10.0. The maximum Gasteiger partial charge on any atom is 0.130 e. The molecule has 0 spiro atoms. The van der Waals surface area contributed by atoms with Gasteiger partial charge in [0.15, 0.2) is 0 Å². The molecule has 2 heterocycles. The van der Waals surface area contributed by atoms with Crippen LogP contribution in [0.25, 0.3) is 0 Å². The number of nitrogens with zero attached hydrogens (tertiary/aromatic N) is 2. The molecule has 1 aliphatic rings. The molecule has 1 aromatic rings. The standard InChI is InChI=1S/C11H18BrN3/c1-11(2,13-3)10-14-9(12)8-6-4-5-7-15(8)10/h13H,4-7H2,1-3H3. The fraction of sp³-hybridized carbons (Fsp3) is 0.727. The summed E-state index contributed by atoms with van der Waals surface area (Å²) in [7, 11) is 1.98. The zero-order chi connectivity index (χ0) is 11.1. The summed E-state index contributed by atoms with van der Waals surface area (Å²) in [6.45, 7) is 5.45. The van der Waals surface area contributed by atoms with E-state index in [1.807, 2.05) is 7.05 Å². The van der Waals surface area contributed by atoms with Crippen molar-refractivity contribution in [2.75, 3.05) is 7.05 Å². The average Bonchev–Trinajstić information content (AvgIpc) is 2.58. The van der Waals surface area contributed by atoms with E-state index in [4.69, 9.17) is 0 Å². The molecule has 0 saturated carbocycles. The van der Waals surface area contributed by atoms with Crippen molar-refractivity contribution in [1.29, 1.82) is 0 Å². The average molecular weight is 272 g/mol. The van der Waals surface area contributed by atoms with Crippen molar-refractivity contribution >= 4 is 15.9 Å². The maximum atomic E-state index is 4.65. The third-order valence-corrected chi connectivity index (χ3v) is 3.89. The molecule has 2 rings (SSSR count). The number of fused-ring (bicyclic) bond motifs is 1. The van der Waals surface area contributed by atoms with E-state index in [-0.39, 0.29) is 5.54 Å². The van der Waals surface area contributed by atoms with E-state index >= 15 is 0 Å². The summed E-state index contributed by atoms with van der Waals surface area (Å²) in [6, 6.07) is 0. The number of hydrogen-bond donors (Lipinski definition) is 1. The quantitative estimate of drug-likeness (QED) is 0.896. The Balaban J connectivity index is 2.49. The van der Waals surface area contributed by atoms with E-state index in [9.17, 15) is 0 Å².